The molecule has 0 aromatic rings. The van der Waals surface area contributed by atoms with Crippen molar-refractivity contribution in [2.75, 3.05) is 13.2 Å². The molecule has 3 nitrogen and oxygen atoms in total. The third-order valence-corrected chi connectivity index (χ3v) is 4.57. The molecular weight excluding hydrogens is 226 g/mol. The molecule has 0 aromatic heterocycles. The minimum absolute atomic E-state index is 0.00516. The summed E-state index contributed by atoms with van der Waals surface area (Å²) in [5.41, 5.74) is 0. The van der Waals surface area contributed by atoms with Gasteiger partial charge in [0.05, 0.1) is 6.61 Å². The molecule has 18 heavy (non-hydrogen) atoms. The van der Waals surface area contributed by atoms with Gasteiger partial charge in [-0.15, -0.1) is 0 Å². The summed E-state index contributed by atoms with van der Waals surface area (Å²) >= 11 is 0. The number of hydrogen-bond donors (Lipinski definition) is 0. The second-order valence-corrected chi connectivity index (χ2v) is 5.69. The number of fused-ring (bicyclic) bond motifs is 1. The smallest absolute Gasteiger partial charge is 0.323 e. The minimum atomic E-state index is 0.00516. The lowest BCUT2D eigenvalue weighted by atomic mass is 9.85. The largest absolute Gasteiger partial charge is 0.465 e. The molecule has 3 atom stereocenters. The van der Waals surface area contributed by atoms with Crippen LogP contribution in [0.25, 0.3) is 0 Å². The third-order valence-electron chi connectivity index (χ3n) is 4.57. The van der Waals surface area contributed by atoms with Gasteiger partial charge in [0.15, 0.2) is 0 Å². The number of carbonyl (C=O) groups is 1. The minimum Gasteiger partial charge on any atom is -0.465 e. The van der Waals surface area contributed by atoms with E-state index in [4.69, 9.17) is 4.74 Å². The molecule has 1 saturated heterocycles. The molecule has 0 amide bonds. The van der Waals surface area contributed by atoms with Crippen LogP contribution in [0.2, 0.25) is 0 Å². The molecule has 3 unspecified atom stereocenters. The van der Waals surface area contributed by atoms with Crippen LogP contribution in [-0.4, -0.2) is 36.1 Å². The van der Waals surface area contributed by atoms with Crippen molar-refractivity contribution >= 4 is 5.97 Å². The molecule has 2 fully saturated rings. The Morgan fingerprint density at radius 2 is 2.06 bits per heavy atom. The van der Waals surface area contributed by atoms with Crippen LogP contribution >= 0.6 is 0 Å². The van der Waals surface area contributed by atoms with Crippen molar-refractivity contribution < 1.29 is 9.53 Å². The Balaban J connectivity index is 2.03. The van der Waals surface area contributed by atoms with E-state index in [2.05, 4.69) is 11.8 Å². The summed E-state index contributed by atoms with van der Waals surface area (Å²) < 4.78 is 5.27. The number of ether oxygens (including phenoxy) is 1. The van der Waals surface area contributed by atoms with Crippen LogP contribution in [0, 0.1) is 5.92 Å². The second kappa shape index (κ2) is 6.55. The Morgan fingerprint density at radius 1 is 1.28 bits per heavy atom. The summed E-state index contributed by atoms with van der Waals surface area (Å²) in [5, 5.41) is 0. The first-order valence-electron chi connectivity index (χ1n) is 7.70. The van der Waals surface area contributed by atoms with E-state index in [1.54, 1.807) is 0 Å². The molecule has 0 radical (unpaired) electrons. The van der Waals surface area contributed by atoms with E-state index in [9.17, 15) is 4.79 Å². The predicted molar refractivity (Wildman–Crippen MR) is 72.4 cm³/mol. The highest BCUT2D eigenvalue weighted by Gasteiger charge is 2.41. The Morgan fingerprint density at radius 3 is 2.78 bits per heavy atom. The highest BCUT2D eigenvalue weighted by Crippen LogP contribution is 2.38. The average Bonchev–Trinajstić information content (AvgIpc) is 2.80. The van der Waals surface area contributed by atoms with Gasteiger partial charge in [-0.3, -0.25) is 9.69 Å². The van der Waals surface area contributed by atoms with Crippen LogP contribution in [0.15, 0.2) is 0 Å². The standard InChI is InChI=1S/C15H27NO2/c1-3-7-14(15(17)18-4-2)16-11-10-12-8-5-6-9-13(12)16/h12-14H,3-11H2,1-2H3. The molecule has 1 heterocycles. The van der Waals surface area contributed by atoms with E-state index in [0.717, 1.165) is 25.3 Å². The molecule has 1 aliphatic heterocycles. The fourth-order valence-electron chi connectivity index (χ4n) is 3.76. The van der Waals surface area contributed by atoms with Gasteiger partial charge < -0.3 is 4.74 Å². The zero-order valence-corrected chi connectivity index (χ0v) is 11.9. The summed E-state index contributed by atoms with van der Waals surface area (Å²) in [6.07, 6.45) is 8.64. The molecule has 0 N–H and O–H groups in total. The normalized spacial score (nSPS) is 29.9. The predicted octanol–water partition coefficient (Wildman–Crippen LogP) is 2.98. The lowest BCUT2D eigenvalue weighted by Crippen LogP contribution is -2.46. The van der Waals surface area contributed by atoms with Crippen LogP contribution < -0.4 is 0 Å². The van der Waals surface area contributed by atoms with Gasteiger partial charge >= 0.3 is 5.97 Å². The Labute approximate surface area is 111 Å². The van der Waals surface area contributed by atoms with Crippen molar-refractivity contribution in [1.82, 2.24) is 4.90 Å². The summed E-state index contributed by atoms with van der Waals surface area (Å²) in [5.74, 6) is 0.845. The van der Waals surface area contributed by atoms with E-state index >= 15 is 0 Å². The van der Waals surface area contributed by atoms with Crippen LogP contribution in [-0.2, 0) is 9.53 Å². The topological polar surface area (TPSA) is 29.5 Å². The first-order chi connectivity index (χ1) is 8.77. The van der Waals surface area contributed by atoms with Gasteiger partial charge in [0.2, 0.25) is 0 Å². The number of hydrogen-bond acceptors (Lipinski definition) is 3. The highest BCUT2D eigenvalue weighted by atomic mass is 16.5. The molecule has 0 bridgehead atoms. The van der Waals surface area contributed by atoms with E-state index in [0.29, 0.717) is 12.6 Å². The number of esters is 1. The zero-order valence-electron chi connectivity index (χ0n) is 11.9. The molecule has 104 valence electrons. The molecule has 3 heteroatoms. The fourth-order valence-corrected chi connectivity index (χ4v) is 3.76. The van der Waals surface area contributed by atoms with Crippen molar-refractivity contribution in [1.29, 1.82) is 0 Å². The van der Waals surface area contributed by atoms with Gasteiger partial charge in [-0.1, -0.05) is 26.2 Å². The average molecular weight is 253 g/mol. The Bertz CT molecular complexity index is 280. The van der Waals surface area contributed by atoms with Crippen molar-refractivity contribution in [2.24, 2.45) is 5.92 Å². The van der Waals surface area contributed by atoms with Crippen LogP contribution in [0.3, 0.4) is 0 Å². The maximum absolute atomic E-state index is 12.1. The number of carbonyl (C=O) groups excluding carboxylic acids is 1. The zero-order chi connectivity index (χ0) is 13.0. The SMILES string of the molecule is CCCC(C(=O)OCC)N1CCC2CCCCC21. The quantitative estimate of drug-likeness (QED) is 0.705. The van der Waals surface area contributed by atoms with Crippen LogP contribution in [0.1, 0.15) is 58.8 Å². The molecule has 2 rings (SSSR count). The van der Waals surface area contributed by atoms with Crippen molar-refractivity contribution in [3.63, 3.8) is 0 Å². The highest BCUT2D eigenvalue weighted by molar-refractivity contribution is 5.75. The van der Waals surface area contributed by atoms with Crippen molar-refractivity contribution in [2.45, 2.75) is 70.9 Å². The van der Waals surface area contributed by atoms with Gasteiger partial charge in [0, 0.05) is 6.04 Å². The van der Waals surface area contributed by atoms with E-state index in [1.807, 2.05) is 6.92 Å². The lowest BCUT2D eigenvalue weighted by Gasteiger charge is -2.35. The number of rotatable bonds is 5. The number of nitrogens with zero attached hydrogens (tertiary/aromatic N) is 1. The van der Waals surface area contributed by atoms with Gasteiger partial charge in [-0.2, -0.15) is 0 Å². The van der Waals surface area contributed by atoms with Gasteiger partial charge in [-0.25, -0.2) is 0 Å². The summed E-state index contributed by atoms with van der Waals surface area (Å²) in [4.78, 5) is 14.6. The monoisotopic (exact) mass is 253 g/mol. The van der Waals surface area contributed by atoms with Crippen LogP contribution in [0.5, 0.6) is 0 Å². The summed E-state index contributed by atoms with van der Waals surface area (Å²) in [7, 11) is 0. The lowest BCUT2D eigenvalue weighted by molar-refractivity contribution is -0.150. The first-order valence-corrected chi connectivity index (χ1v) is 7.70. The van der Waals surface area contributed by atoms with Crippen molar-refractivity contribution in [3.8, 4) is 0 Å². The Hall–Kier alpha value is -0.570. The van der Waals surface area contributed by atoms with Crippen molar-refractivity contribution in [3.05, 3.63) is 0 Å². The third kappa shape index (κ3) is 2.87. The van der Waals surface area contributed by atoms with E-state index in [-0.39, 0.29) is 12.0 Å². The second-order valence-electron chi connectivity index (χ2n) is 5.69. The Kier molecular flexibility index (Phi) is 5.04. The van der Waals surface area contributed by atoms with Crippen LogP contribution in [0.4, 0.5) is 0 Å². The fraction of sp³-hybridized carbons (Fsp3) is 0.933. The molecule has 0 aromatic carbocycles. The summed E-state index contributed by atoms with van der Waals surface area (Å²) in [6.45, 7) is 5.65. The van der Waals surface area contributed by atoms with Gasteiger partial charge in [-0.05, 0) is 45.1 Å². The van der Waals surface area contributed by atoms with Gasteiger partial charge in [0.25, 0.3) is 0 Å². The maximum Gasteiger partial charge on any atom is 0.323 e. The van der Waals surface area contributed by atoms with Gasteiger partial charge in [0.1, 0.15) is 6.04 Å². The maximum atomic E-state index is 12.1. The first kappa shape index (κ1) is 13.9. The molecular formula is C15H27NO2. The molecule has 2 aliphatic rings. The number of likely N-dealkylation sites (tertiary alicyclic amines) is 1. The molecule has 1 saturated carbocycles. The van der Waals surface area contributed by atoms with E-state index in [1.165, 1.54) is 32.1 Å². The molecule has 1 aliphatic carbocycles. The molecule has 0 spiro atoms. The summed E-state index contributed by atoms with van der Waals surface area (Å²) in [6, 6.07) is 0.669. The van der Waals surface area contributed by atoms with E-state index < -0.39 is 0 Å².